The molecular formula is C30H43N5O4S. The van der Waals surface area contributed by atoms with Crippen LogP contribution in [0.4, 0.5) is 0 Å². The highest BCUT2D eigenvalue weighted by Gasteiger charge is 2.28. The fourth-order valence-electron chi connectivity index (χ4n) is 6.20. The zero-order chi connectivity index (χ0) is 28.1. The summed E-state index contributed by atoms with van der Waals surface area (Å²) in [5.74, 6) is -0.345. The molecule has 0 spiro atoms. The molecule has 2 N–H and O–H groups in total. The summed E-state index contributed by atoms with van der Waals surface area (Å²) in [5.41, 5.74) is 1.46. The van der Waals surface area contributed by atoms with Crippen molar-refractivity contribution in [1.29, 1.82) is 0 Å². The van der Waals surface area contributed by atoms with E-state index in [0.29, 0.717) is 17.7 Å². The summed E-state index contributed by atoms with van der Waals surface area (Å²) >= 11 is 0. The molecule has 1 atom stereocenters. The number of hydrogen-bond donors (Lipinski definition) is 2. The predicted molar refractivity (Wildman–Crippen MR) is 155 cm³/mol. The van der Waals surface area contributed by atoms with Gasteiger partial charge in [0, 0.05) is 36.9 Å². The predicted octanol–water partition coefficient (Wildman–Crippen LogP) is 4.10. The third-order valence-corrected chi connectivity index (χ3v) is 9.84. The first-order valence-electron chi connectivity index (χ1n) is 15.0. The number of amides is 2. The Labute approximate surface area is 238 Å². The number of carbonyl (C=O) groups is 2. The van der Waals surface area contributed by atoms with E-state index in [9.17, 15) is 18.0 Å². The molecule has 1 aromatic heterocycles. The van der Waals surface area contributed by atoms with Crippen LogP contribution in [0.1, 0.15) is 93.6 Å². The van der Waals surface area contributed by atoms with Crippen molar-refractivity contribution in [1.82, 2.24) is 25.3 Å². The molecule has 218 valence electrons. The van der Waals surface area contributed by atoms with E-state index < -0.39 is 9.84 Å². The standard InChI is InChI=1S/C30H43N5O4S/c1-40(38,39)28-15-6-5-14-25(28)27-21-26(33-35(27)24-12-3-4-13-24)30(37)32-23(16-19-34-17-7-2-8-18-34)20-29(36)31-22-10-9-11-22/h5-6,14-15,21-24H,2-4,7-13,16-20H2,1H3,(H,31,36)(H,32,37). The molecule has 2 saturated carbocycles. The van der Waals surface area contributed by atoms with Crippen LogP contribution in [0.3, 0.4) is 0 Å². The lowest BCUT2D eigenvalue weighted by Crippen LogP contribution is -2.45. The average molecular weight is 570 g/mol. The first-order chi connectivity index (χ1) is 19.3. The van der Waals surface area contributed by atoms with E-state index in [2.05, 4.69) is 15.5 Å². The Morgan fingerprint density at radius 1 is 1.00 bits per heavy atom. The lowest BCUT2D eigenvalue weighted by molar-refractivity contribution is -0.122. The summed E-state index contributed by atoms with van der Waals surface area (Å²) in [5, 5.41) is 11.0. The Bertz CT molecular complexity index is 1290. The highest BCUT2D eigenvalue weighted by atomic mass is 32.2. The van der Waals surface area contributed by atoms with E-state index in [4.69, 9.17) is 5.10 Å². The molecule has 2 heterocycles. The van der Waals surface area contributed by atoms with Gasteiger partial charge in [-0.05, 0) is 76.6 Å². The number of rotatable bonds is 11. The van der Waals surface area contributed by atoms with Crippen molar-refractivity contribution in [2.75, 3.05) is 25.9 Å². The van der Waals surface area contributed by atoms with Crippen molar-refractivity contribution in [2.45, 2.75) is 100 Å². The smallest absolute Gasteiger partial charge is 0.272 e. The van der Waals surface area contributed by atoms with E-state index in [-0.39, 0.29) is 47.0 Å². The molecule has 2 aromatic rings. The van der Waals surface area contributed by atoms with Crippen LogP contribution in [0.15, 0.2) is 35.2 Å². The summed E-state index contributed by atoms with van der Waals surface area (Å²) in [6.07, 6.45) is 13.0. The van der Waals surface area contributed by atoms with Gasteiger partial charge in [0.25, 0.3) is 5.91 Å². The molecule has 3 aliphatic rings. The van der Waals surface area contributed by atoms with Crippen molar-refractivity contribution >= 4 is 21.7 Å². The molecule has 1 saturated heterocycles. The van der Waals surface area contributed by atoms with E-state index in [1.54, 1.807) is 24.3 Å². The third kappa shape index (κ3) is 7.13. The van der Waals surface area contributed by atoms with Crippen LogP contribution in [-0.2, 0) is 14.6 Å². The van der Waals surface area contributed by atoms with Crippen LogP contribution >= 0.6 is 0 Å². The Balaban J connectivity index is 1.37. The van der Waals surface area contributed by atoms with Gasteiger partial charge in [-0.3, -0.25) is 14.3 Å². The zero-order valence-corrected chi connectivity index (χ0v) is 24.4. The minimum absolute atomic E-state index is 0.0205. The summed E-state index contributed by atoms with van der Waals surface area (Å²) in [6.45, 7) is 2.96. The maximum absolute atomic E-state index is 13.6. The second-order valence-corrected chi connectivity index (χ2v) is 13.8. The van der Waals surface area contributed by atoms with Gasteiger partial charge in [0.1, 0.15) is 0 Å². The first kappa shape index (κ1) is 28.8. The summed E-state index contributed by atoms with van der Waals surface area (Å²) in [6, 6.07) is 8.70. The highest BCUT2D eigenvalue weighted by molar-refractivity contribution is 7.90. The minimum Gasteiger partial charge on any atom is -0.353 e. The van der Waals surface area contributed by atoms with Gasteiger partial charge >= 0.3 is 0 Å². The van der Waals surface area contributed by atoms with E-state index in [1.165, 1.54) is 25.5 Å². The normalized spacial score (nSPS) is 19.7. The third-order valence-electron chi connectivity index (χ3n) is 8.68. The molecule has 5 rings (SSSR count). The number of hydrogen-bond acceptors (Lipinski definition) is 6. The first-order valence-corrected chi connectivity index (χ1v) is 16.9. The Morgan fingerprint density at radius 2 is 1.73 bits per heavy atom. The molecule has 2 aliphatic carbocycles. The van der Waals surface area contributed by atoms with Crippen molar-refractivity contribution in [3.05, 3.63) is 36.0 Å². The SMILES string of the molecule is CS(=O)(=O)c1ccccc1-c1cc(C(=O)NC(CCN2CCCCC2)CC(=O)NC2CCC2)nn1C1CCCC1. The maximum Gasteiger partial charge on any atom is 0.272 e. The molecule has 0 radical (unpaired) electrons. The molecule has 2 amide bonds. The van der Waals surface area contributed by atoms with Crippen molar-refractivity contribution in [3.63, 3.8) is 0 Å². The van der Waals surface area contributed by atoms with Crippen LogP contribution in [-0.4, -0.2) is 72.9 Å². The molecule has 3 fully saturated rings. The molecule has 0 bridgehead atoms. The fourth-order valence-corrected chi connectivity index (χ4v) is 7.10. The second-order valence-electron chi connectivity index (χ2n) is 11.8. The van der Waals surface area contributed by atoms with Crippen molar-refractivity contribution < 1.29 is 18.0 Å². The summed E-state index contributed by atoms with van der Waals surface area (Å²) < 4.78 is 27.1. The number of carbonyl (C=O) groups excluding carboxylic acids is 2. The van der Waals surface area contributed by atoms with Crippen LogP contribution in [0.5, 0.6) is 0 Å². The van der Waals surface area contributed by atoms with Crippen molar-refractivity contribution in [2.24, 2.45) is 0 Å². The molecule has 1 aliphatic heterocycles. The van der Waals surface area contributed by atoms with Crippen LogP contribution < -0.4 is 10.6 Å². The Hall–Kier alpha value is -2.72. The number of aromatic nitrogens is 2. The lowest BCUT2D eigenvalue weighted by atomic mass is 9.93. The van der Waals surface area contributed by atoms with Gasteiger partial charge in [-0.2, -0.15) is 5.10 Å². The van der Waals surface area contributed by atoms with Gasteiger partial charge in [-0.15, -0.1) is 0 Å². The van der Waals surface area contributed by atoms with E-state index >= 15 is 0 Å². The fraction of sp³-hybridized carbons (Fsp3) is 0.633. The highest BCUT2D eigenvalue weighted by Crippen LogP contribution is 2.36. The maximum atomic E-state index is 13.6. The molecule has 10 heteroatoms. The number of sulfone groups is 1. The minimum atomic E-state index is -3.48. The monoisotopic (exact) mass is 569 g/mol. The average Bonchev–Trinajstić information content (AvgIpc) is 3.60. The van der Waals surface area contributed by atoms with Crippen LogP contribution in [0, 0.1) is 0 Å². The number of likely N-dealkylation sites (tertiary alicyclic amines) is 1. The molecular weight excluding hydrogens is 526 g/mol. The summed E-state index contributed by atoms with van der Waals surface area (Å²) in [7, 11) is -3.48. The van der Waals surface area contributed by atoms with Crippen molar-refractivity contribution in [3.8, 4) is 11.3 Å². The van der Waals surface area contributed by atoms with Gasteiger partial charge in [0.2, 0.25) is 5.91 Å². The quantitative estimate of drug-likeness (QED) is 0.421. The van der Waals surface area contributed by atoms with E-state index in [0.717, 1.165) is 64.6 Å². The Kier molecular flexibility index (Phi) is 9.25. The number of piperidine rings is 1. The van der Waals surface area contributed by atoms with Gasteiger partial charge in [-0.1, -0.05) is 37.5 Å². The van der Waals surface area contributed by atoms with Crippen LogP contribution in [0.25, 0.3) is 11.3 Å². The lowest BCUT2D eigenvalue weighted by Gasteiger charge is -2.29. The van der Waals surface area contributed by atoms with E-state index in [1.807, 2.05) is 10.7 Å². The largest absolute Gasteiger partial charge is 0.353 e. The molecule has 1 aromatic carbocycles. The molecule has 9 nitrogen and oxygen atoms in total. The topological polar surface area (TPSA) is 113 Å². The van der Waals surface area contributed by atoms with Gasteiger partial charge in [0.15, 0.2) is 15.5 Å². The molecule has 1 unspecified atom stereocenters. The Morgan fingerprint density at radius 3 is 2.40 bits per heavy atom. The summed E-state index contributed by atoms with van der Waals surface area (Å²) in [4.78, 5) is 29.1. The number of nitrogens with one attached hydrogen (secondary N) is 2. The van der Waals surface area contributed by atoms with Gasteiger partial charge in [-0.25, -0.2) is 8.42 Å². The van der Waals surface area contributed by atoms with Gasteiger partial charge in [0.05, 0.1) is 16.6 Å². The van der Waals surface area contributed by atoms with Crippen LogP contribution in [0.2, 0.25) is 0 Å². The van der Waals surface area contributed by atoms with Gasteiger partial charge < -0.3 is 15.5 Å². The second kappa shape index (κ2) is 12.9. The number of benzene rings is 1. The molecule has 40 heavy (non-hydrogen) atoms. The number of nitrogens with zero attached hydrogens (tertiary/aromatic N) is 3. The zero-order valence-electron chi connectivity index (χ0n) is 23.6.